The summed E-state index contributed by atoms with van der Waals surface area (Å²) in [6.07, 6.45) is 4.13. The molecule has 6 rings (SSSR count). The smallest absolute Gasteiger partial charge is 0.410 e. The van der Waals surface area contributed by atoms with E-state index in [1.165, 1.54) is 6.33 Å². The van der Waals surface area contributed by atoms with Crippen LogP contribution >= 0.6 is 0 Å². The van der Waals surface area contributed by atoms with Gasteiger partial charge < -0.3 is 20.1 Å². The third-order valence-electron chi connectivity index (χ3n) is 7.80. The molecule has 41 heavy (non-hydrogen) atoms. The molecule has 1 amide bonds. The summed E-state index contributed by atoms with van der Waals surface area (Å²) in [7, 11) is 0. The molecule has 1 unspecified atom stereocenters. The Balaban J connectivity index is 1.16. The minimum atomic E-state index is -0.482. The SMILES string of the molecule is CC(C)(C)OC(=O)N1CCC(N2CCC(n3nc(-c4ccc(Oc5ccccc5)cc4)c4c(N)ncnc43)CC2)C1. The largest absolute Gasteiger partial charge is 0.457 e. The number of para-hydroxylation sites is 1. The molecule has 2 aliphatic rings. The van der Waals surface area contributed by atoms with Gasteiger partial charge in [0.1, 0.15) is 34.9 Å². The summed E-state index contributed by atoms with van der Waals surface area (Å²) in [4.78, 5) is 25.8. The second-order valence-corrected chi connectivity index (χ2v) is 11.8. The van der Waals surface area contributed by atoms with Gasteiger partial charge in [0.25, 0.3) is 0 Å². The van der Waals surface area contributed by atoms with Gasteiger partial charge in [0.05, 0.1) is 11.4 Å². The van der Waals surface area contributed by atoms with E-state index < -0.39 is 5.60 Å². The number of anilines is 1. The number of nitrogen functional groups attached to an aromatic ring is 1. The number of amides is 1. The van der Waals surface area contributed by atoms with Crippen LogP contribution in [0.15, 0.2) is 60.9 Å². The van der Waals surface area contributed by atoms with E-state index in [0.717, 1.165) is 72.7 Å². The van der Waals surface area contributed by atoms with Crippen LogP contribution in [0.2, 0.25) is 0 Å². The van der Waals surface area contributed by atoms with Crippen LogP contribution in [0.5, 0.6) is 11.5 Å². The van der Waals surface area contributed by atoms with Crippen molar-refractivity contribution < 1.29 is 14.3 Å². The Morgan fingerprint density at radius 1 is 0.902 bits per heavy atom. The number of carbonyl (C=O) groups excluding carboxylic acids is 1. The van der Waals surface area contributed by atoms with E-state index >= 15 is 0 Å². The van der Waals surface area contributed by atoms with Gasteiger partial charge in [0, 0.05) is 37.8 Å². The average molecular weight is 556 g/mol. The Bertz CT molecular complexity index is 1510. The van der Waals surface area contributed by atoms with Crippen LogP contribution in [0.25, 0.3) is 22.3 Å². The summed E-state index contributed by atoms with van der Waals surface area (Å²) in [6, 6.07) is 18.1. The predicted octanol–water partition coefficient (Wildman–Crippen LogP) is 5.51. The van der Waals surface area contributed by atoms with Crippen molar-refractivity contribution in [3.63, 3.8) is 0 Å². The molecule has 214 valence electrons. The van der Waals surface area contributed by atoms with Gasteiger partial charge in [-0.05, 0) is 76.4 Å². The number of piperidine rings is 1. The van der Waals surface area contributed by atoms with Gasteiger partial charge in [-0.1, -0.05) is 18.2 Å². The molecule has 2 aliphatic heterocycles. The minimum Gasteiger partial charge on any atom is -0.457 e. The third kappa shape index (κ3) is 5.83. The standard InChI is InChI=1S/C31H37N7O3/c1-31(2,3)41-30(39)37-18-15-23(19-37)36-16-13-22(14-17-36)38-29-26(28(32)33-20-34-29)27(35-38)21-9-11-25(12-10-21)40-24-7-5-4-6-8-24/h4-12,20,22-23H,13-19H2,1-3H3,(H2,32,33,34). The Labute approximate surface area is 240 Å². The summed E-state index contributed by atoms with van der Waals surface area (Å²) >= 11 is 0. The van der Waals surface area contributed by atoms with Crippen molar-refractivity contribution in [2.75, 3.05) is 31.9 Å². The zero-order valence-electron chi connectivity index (χ0n) is 23.9. The zero-order chi connectivity index (χ0) is 28.6. The third-order valence-corrected chi connectivity index (χ3v) is 7.80. The van der Waals surface area contributed by atoms with E-state index in [1.807, 2.05) is 85.0 Å². The fourth-order valence-corrected chi connectivity index (χ4v) is 5.79. The number of nitrogens with zero attached hydrogens (tertiary/aromatic N) is 6. The highest BCUT2D eigenvalue weighted by Gasteiger charge is 2.35. The topological polar surface area (TPSA) is 112 Å². The summed E-state index contributed by atoms with van der Waals surface area (Å²) < 4.78 is 13.6. The molecule has 0 radical (unpaired) electrons. The first-order valence-electron chi connectivity index (χ1n) is 14.3. The van der Waals surface area contributed by atoms with E-state index in [1.54, 1.807) is 0 Å². The number of hydrogen-bond acceptors (Lipinski definition) is 8. The number of nitrogens with two attached hydrogens (primary N) is 1. The summed E-state index contributed by atoms with van der Waals surface area (Å²) in [5, 5.41) is 5.83. The molecule has 0 bridgehead atoms. The highest BCUT2D eigenvalue weighted by atomic mass is 16.6. The normalized spacial score (nSPS) is 18.6. The molecule has 2 aromatic carbocycles. The lowest BCUT2D eigenvalue weighted by atomic mass is 10.0. The number of fused-ring (bicyclic) bond motifs is 1. The molecule has 2 saturated heterocycles. The molecule has 4 aromatic rings. The van der Waals surface area contributed by atoms with Gasteiger partial charge in [0.2, 0.25) is 0 Å². The van der Waals surface area contributed by atoms with Crippen LogP contribution in [0.3, 0.4) is 0 Å². The van der Waals surface area contributed by atoms with E-state index in [9.17, 15) is 4.79 Å². The summed E-state index contributed by atoms with van der Waals surface area (Å²) in [5.41, 5.74) is 8.35. The highest BCUT2D eigenvalue weighted by Crippen LogP contribution is 2.36. The van der Waals surface area contributed by atoms with Crippen LogP contribution in [0.4, 0.5) is 10.6 Å². The number of carbonyl (C=O) groups is 1. The Morgan fingerprint density at radius 2 is 1.59 bits per heavy atom. The van der Waals surface area contributed by atoms with Crippen molar-refractivity contribution in [2.24, 2.45) is 0 Å². The van der Waals surface area contributed by atoms with Gasteiger partial charge in [-0.3, -0.25) is 4.90 Å². The number of benzene rings is 2. The van der Waals surface area contributed by atoms with Crippen LogP contribution in [-0.4, -0.2) is 73.5 Å². The van der Waals surface area contributed by atoms with Gasteiger partial charge in [0.15, 0.2) is 5.65 Å². The maximum absolute atomic E-state index is 12.5. The Morgan fingerprint density at radius 3 is 2.29 bits per heavy atom. The molecule has 2 N–H and O–H groups in total. The second-order valence-electron chi connectivity index (χ2n) is 11.8. The maximum Gasteiger partial charge on any atom is 0.410 e. The first-order chi connectivity index (χ1) is 19.7. The minimum absolute atomic E-state index is 0.195. The average Bonchev–Trinajstić information content (AvgIpc) is 3.60. The lowest BCUT2D eigenvalue weighted by Gasteiger charge is -2.36. The molecule has 0 spiro atoms. The molecule has 1 atom stereocenters. The van der Waals surface area contributed by atoms with E-state index in [0.29, 0.717) is 18.4 Å². The van der Waals surface area contributed by atoms with Gasteiger partial charge in [-0.2, -0.15) is 5.10 Å². The maximum atomic E-state index is 12.5. The van der Waals surface area contributed by atoms with Gasteiger partial charge in [-0.25, -0.2) is 19.4 Å². The predicted molar refractivity (Wildman–Crippen MR) is 158 cm³/mol. The van der Waals surface area contributed by atoms with Crippen LogP contribution in [-0.2, 0) is 4.74 Å². The van der Waals surface area contributed by atoms with E-state index in [2.05, 4.69) is 14.9 Å². The number of rotatable bonds is 5. The number of likely N-dealkylation sites (tertiary alicyclic amines) is 2. The second kappa shape index (κ2) is 11.0. The first-order valence-corrected chi connectivity index (χ1v) is 14.3. The van der Waals surface area contributed by atoms with Crippen molar-refractivity contribution in [1.29, 1.82) is 0 Å². The molecule has 4 heterocycles. The molecule has 0 saturated carbocycles. The fraction of sp³-hybridized carbons (Fsp3) is 0.419. The molecule has 2 aromatic heterocycles. The zero-order valence-corrected chi connectivity index (χ0v) is 23.9. The lowest BCUT2D eigenvalue weighted by molar-refractivity contribution is 0.0274. The van der Waals surface area contributed by atoms with Crippen molar-refractivity contribution in [2.45, 2.75) is 57.7 Å². The molecule has 10 heteroatoms. The monoisotopic (exact) mass is 555 g/mol. The fourth-order valence-electron chi connectivity index (χ4n) is 5.79. The van der Waals surface area contributed by atoms with E-state index in [-0.39, 0.29) is 12.1 Å². The van der Waals surface area contributed by atoms with Crippen molar-refractivity contribution in [3.8, 4) is 22.8 Å². The lowest BCUT2D eigenvalue weighted by Crippen LogP contribution is -2.44. The molecule has 2 fully saturated rings. The van der Waals surface area contributed by atoms with Crippen molar-refractivity contribution in [3.05, 3.63) is 60.9 Å². The molecule has 0 aliphatic carbocycles. The van der Waals surface area contributed by atoms with Crippen LogP contribution < -0.4 is 10.5 Å². The van der Waals surface area contributed by atoms with Crippen molar-refractivity contribution >= 4 is 22.9 Å². The molecule has 10 nitrogen and oxygen atoms in total. The Kier molecular flexibility index (Phi) is 7.25. The summed E-state index contributed by atoms with van der Waals surface area (Å²) in [6.45, 7) is 9.02. The molecular formula is C31H37N7O3. The number of ether oxygens (including phenoxy) is 2. The van der Waals surface area contributed by atoms with Crippen LogP contribution in [0, 0.1) is 0 Å². The van der Waals surface area contributed by atoms with Gasteiger partial charge >= 0.3 is 6.09 Å². The van der Waals surface area contributed by atoms with Crippen LogP contribution in [0.1, 0.15) is 46.1 Å². The molecular weight excluding hydrogens is 518 g/mol. The van der Waals surface area contributed by atoms with E-state index in [4.69, 9.17) is 20.3 Å². The highest BCUT2D eigenvalue weighted by molar-refractivity contribution is 5.98. The Hall–Kier alpha value is -4.18. The number of hydrogen-bond donors (Lipinski definition) is 1. The van der Waals surface area contributed by atoms with Crippen molar-refractivity contribution in [1.82, 2.24) is 29.5 Å². The van der Waals surface area contributed by atoms with Gasteiger partial charge in [-0.15, -0.1) is 0 Å². The number of aromatic nitrogens is 4. The summed E-state index contributed by atoms with van der Waals surface area (Å²) in [5.74, 6) is 1.96. The quantitative estimate of drug-likeness (QED) is 0.343. The first kappa shape index (κ1) is 27.0.